The van der Waals surface area contributed by atoms with Crippen molar-refractivity contribution in [1.82, 2.24) is 4.90 Å². The molecular weight excluding hydrogens is 362 g/mol. The van der Waals surface area contributed by atoms with E-state index in [1.807, 2.05) is 29.2 Å². The second-order valence-corrected chi connectivity index (χ2v) is 6.66. The normalized spacial score (nSPS) is 14.5. The summed E-state index contributed by atoms with van der Waals surface area (Å²) >= 11 is 3.36. The smallest absolute Gasteiger partial charge is 0.237 e. The maximum atomic E-state index is 12.6. The van der Waals surface area contributed by atoms with Crippen LogP contribution in [0.3, 0.4) is 0 Å². The van der Waals surface area contributed by atoms with Crippen LogP contribution >= 0.6 is 15.9 Å². The van der Waals surface area contributed by atoms with E-state index in [0.717, 1.165) is 24.8 Å². The number of carbonyl (C=O) groups is 1. The van der Waals surface area contributed by atoms with Crippen molar-refractivity contribution in [3.8, 4) is 0 Å². The van der Waals surface area contributed by atoms with Crippen LogP contribution in [0.5, 0.6) is 0 Å². The molecule has 0 saturated heterocycles. The minimum atomic E-state index is 0.129. The quantitative estimate of drug-likeness (QED) is 0.633. The van der Waals surface area contributed by atoms with Crippen molar-refractivity contribution in [2.24, 2.45) is 0 Å². The second kappa shape index (κ2) is 8.29. The number of benzene rings is 2. The molecule has 0 spiro atoms. The minimum Gasteiger partial charge on any atom is -0.311 e. The van der Waals surface area contributed by atoms with Gasteiger partial charge in [-0.25, -0.2) is 0 Å². The van der Waals surface area contributed by atoms with Gasteiger partial charge < -0.3 is 4.90 Å². The molecule has 0 atom stereocenters. The summed E-state index contributed by atoms with van der Waals surface area (Å²) in [5.41, 5.74) is 4.93. The molecule has 1 amide bonds. The third-order valence-electron chi connectivity index (χ3n) is 4.49. The first-order valence-electron chi connectivity index (χ1n) is 8.47. The van der Waals surface area contributed by atoms with Crippen LogP contribution in [-0.4, -0.2) is 16.1 Å². The first-order valence-corrected chi connectivity index (χ1v) is 9.59. The maximum absolute atomic E-state index is 12.6. The molecule has 24 heavy (non-hydrogen) atoms. The summed E-state index contributed by atoms with van der Waals surface area (Å²) in [5, 5.41) is 0.353. The molecule has 0 aromatic heterocycles. The van der Waals surface area contributed by atoms with Crippen LogP contribution in [0.25, 0.3) is 5.57 Å². The van der Waals surface area contributed by atoms with Crippen molar-refractivity contribution in [3.63, 3.8) is 0 Å². The monoisotopic (exact) mass is 383 g/mol. The lowest BCUT2D eigenvalue weighted by Crippen LogP contribution is -2.32. The molecule has 1 aliphatic carbocycles. The number of hydrogen-bond acceptors (Lipinski definition) is 1. The zero-order chi connectivity index (χ0) is 16.8. The first-order chi connectivity index (χ1) is 11.8. The Morgan fingerprint density at radius 2 is 1.54 bits per heavy atom. The van der Waals surface area contributed by atoms with Crippen molar-refractivity contribution in [3.05, 3.63) is 77.5 Å². The van der Waals surface area contributed by atoms with Crippen molar-refractivity contribution < 1.29 is 4.79 Å². The highest BCUT2D eigenvalue weighted by molar-refractivity contribution is 9.09. The van der Waals surface area contributed by atoms with Crippen molar-refractivity contribution in [2.45, 2.75) is 32.2 Å². The number of carbonyl (C=O) groups excluding carboxylic acids is 1. The highest BCUT2D eigenvalue weighted by atomic mass is 79.9. The number of rotatable bonds is 5. The molecule has 0 radical (unpaired) electrons. The number of halogens is 1. The van der Waals surface area contributed by atoms with Crippen LogP contribution in [0.2, 0.25) is 0 Å². The summed E-state index contributed by atoms with van der Waals surface area (Å²) in [7, 11) is 0. The Morgan fingerprint density at radius 1 is 0.917 bits per heavy atom. The van der Waals surface area contributed by atoms with Gasteiger partial charge in [0.15, 0.2) is 0 Å². The van der Waals surface area contributed by atoms with E-state index in [-0.39, 0.29) is 5.91 Å². The van der Waals surface area contributed by atoms with Crippen molar-refractivity contribution >= 4 is 27.4 Å². The molecule has 0 saturated carbocycles. The first kappa shape index (κ1) is 17.0. The van der Waals surface area contributed by atoms with Crippen LogP contribution in [0.1, 0.15) is 36.8 Å². The Hall–Kier alpha value is -1.87. The molecule has 0 aliphatic heterocycles. The number of hydrogen-bond donors (Lipinski definition) is 0. The number of amides is 1. The Morgan fingerprint density at radius 3 is 2.21 bits per heavy atom. The van der Waals surface area contributed by atoms with Crippen LogP contribution < -0.4 is 0 Å². The molecule has 2 nitrogen and oxygen atoms in total. The Bertz CT molecular complexity index is 709. The van der Waals surface area contributed by atoms with Gasteiger partial charge in [-0.05, 0) is 42.4 Å². The van der Waals surface area contributed by atoms with E-state index in [4.69, 9.17) is 0 Å². The number of alkyl halides is 1. The maximum Gasteiger partial charge on any atom is 0.237 e. The van der Waals surface area contributed by atoms with Crippen LogP contribution in [0.15, 0.2) is 66.4 Å². The van der Waals surface area contributed by atoms with Gasteiger partial charge in [0.25, 0.3) is 0 Å². The molecule has 2 aromatic rings. The molecule has 3 rings (SSSR count). The summed E-state index contributed by atoms with van der Waals surface area (Å²) in [6.07, 6.45) is 4.35. The fourth-order valence-corrected chi connectivity index (χ4v) is 3.61. The SMILES string of the molecule is O=C(CBr)N(Cc1ccccc1)C1=C(c2ccccc2)CCCC1. The Kier molecular flexibility index (Phi) is 5.86. The van der Waals surface area contributed by atoms with Gasteiger partial charge >= 0.3 is 0 Å². The number of allylic oxidation sites excluding steroid dienone is 2. The van der Waals surface area contributed by atoms with Gasteiger partial charge in [0.1, 0.15) is 0 Å². The molecule has 0 heterocycles. The molecule has 0 unspecified atom stereocenters. The van der Waals surface area contributed by atoms with Crippen molar-refractivity contribution in [1.29, 1.82) is 0 Å². The number of nitrogens with zero attached hydrogens (tertiary/aromatic N) is 1. The van der Waals surface area contributed by atoms with Gasteiger partial charge in [-0.1, -0.05) is 76.6 Å². The predicted molar refractivity (Wildman–Crippen MR) is 103 cm³/mol. The predicted octanol–water partition coefficient (Wildman–Crippen LogP) is 5.40. The third kappa shape index (κ3) is 3.96. The van der Waals surface area contributed by atoms with Crippen LogP contribution in [0, 0.1) is 0 Å². The average Bonchev–Trinajstić information content (AvgIpc) is 2.67. The summed E-state index contributed by atoms with van der Waals surface area (Å²) in [6.45, 7) is 0.636. The van der Waals surface area contributed by atoms with Gasteiger partial charge in [-0.2, -0.15) is 0 Å². The van der Waals surface area contributed by atoms with E-state index in [1.165, 1.54) is 23.3 Å². The van der Waals surface area contributed by atoms with E-state index in [9.17, 15) is 4.79 Å². The zero-order valence-corrected chi connectivity index (χ0v) is 15.3. The van der Waals surface area contributed by atoms with E-state index < -0.39 is 0 Å². The topological polar surface area (TPSA) is 20.3 Å². The molecule has 2 aromatic carbocycles. The highest BCUT2D eigenvalue weighted by Gasteiger charge is 2.23. The van der Waals surface area contributed by atoms with Crippen molar-refractivity contribution in [2.75, 3.05) is 5.33 Å². The fraction of sp³-hybridized carbons (Fsp3) is 0.286. The molecule has 1 aliphatic rings. The molecule has 0 N–H and O–H groups in total. The summed E-state index contributed by atoms with van der Waals surface area (Å²) < 4.78 is 0. The van der Waals surface area contributed by atoms with E-state index in [0.29, 0.717) is 11.9 Å². The van der Waals surface area contributed by atoms with Gasteiger partial charge in [0.2, 0.25) is 5.91 Å². The lowest BCUT2D eigenvalue weighted by molar-refractivity contribution is -0.127. The fourth-order valence-electron chi connectivity index (χ4n) is 3.31. The van der Waals surface area contributed by atoms with Gasteiger partial charge in [-0.3, -0.25) is 4.79 Å². The Balaban J connectivity index is 2.00. The third-order valence-corrected chi connectivity index (χ3v) is 4.97. The lowest BCUT2D eigenvalue weighted by Gasteiger charge is -2.31. The molecule has 0 fully saturated rings. The largest absolute Gasteiger partial charge is 0.311 e. The van der Waals surface area contributed by atoms with E-state index in [1.54, 1.807) is 0 Å². The molecule has 0 bridgehead atoms. The van der Waals surface area contributed by atoms with Crippen LogP contribution in [0.4, 0.5) is 0 Å². The minimum absolute atomic E-state index is 0.129. The highest BCUT2D eigenvalue weighted by Crippen LogP contribution is 2.35. The van der Waals surface area contributed by atoms with Gasteiger partial charge in [0, 0.05) is 5.70 Å². The lowest BCUT2D eigenvalue weighted by atomic mass is 9.90. The van der Waals surface area contributed by atoms with Gasteiger partial charge in [-0.15, -0.1) is 0 Å². The second-order valence-electron chi connectivity index (χ2n) is 6.10. The summed E-state index contributed by atoms with van der Waals surface area (Å²) in [5.74, 6) is 0.129. The van der Waals surface area contributed by atoms with Gasteiger partial charge in [0.05, 0.1) is 11.9 Å². The van der Waals surface area contributed by atoms with E-state index >= 15 is 0 Å². The standard InChI is InChI=1S/C21H22BrNO/c22-15-21(24)23(16-17-9-3-1-4-10-17)20-14-8-7-13-19(20)18-11-5-2-6-12-18/h1-6,9-12H,7-8,13-16H2. The average molecular weight is 384 g/mol. The summed E-state index contributed by atoms with van der Waals surface area (Å²) in [6, 6.07) is 20.7. The zero-order valence-electron chi connectivity index (χ0n) is 13.7. The summed E-state index contributed by atoms with van der Waals surface area (Å²) in [4.78, 5) is 14.6. The Labute approximate surface area is 152 Å². The van der Waals surface area contributed by atoms with E-state index in [2.05, 4.69) is 52.3 Å². The molecule has 124 valence electrons. The molecule has 3 heteroatoms. The van der Waals surface area contributed by atoms with Crippen LogP contribution in [-0.2, 0) is 11.3 Å². The molecular formula is C21H22BrNO.